The Morgan fingerprint density at radius 2 is 1.95 bits per heavy atom. The third-order valence-electron chi connectivity index (χ3n) is 3.77. The first-order valence-corrected chi connectivity index (χ1v) is 8.09. The monoisotopic (exact) mass is 307 g/mol. The fourth-order valence-corrected chi connectivity index (χ4v) is 3.90. The Bertz CT molecular complexity index is 750. The van der Waals surface area contributed by atoms with Crippen molar-refractivity contribution in [3.63, 3.8) is 0 Å². The van der Waals surface area contributed by atoms with Crippen LogP contribution in [0.4, 0.5) is 0 Å². The number of benzene rings is 1. The van der Waals surface area contributed by atoms with Crippen LogP contribution in [0.5, 0.6) is 5.75 Å². The van der Waals surface area contributed by atoms with Crippen LogP contribution in [0.15, 0.2) is 35.5 Å². The summed E-state index contributed by atoms with van der Waals surface area (Å²) >= 11 is 0. The van der Waals surface area contributed by atoms with Crippen molar-refractivity contribution in [1.29, 1.82) is 0 Å². The second-order valence-corrected chi connectivity index (χ2v) is 6.95. The number of hydrogen-bond acceptors (Lipinski definition) is 4. The number of imidazole rings is 1. The van der Waals surface area contributed by atoms with Crippen molar-refractivity contribution in [3.8, 4) is 5.75 Å². The van der Waals surface area contributed by atoms with E-state index < -0.39 is 10.0 Å². The zero-order valence-corrected chi connectivity index (χ0v) is 12.8. The van der Waals surface area contributed by atoms with Crippen molar-refractivity contribution < 1.29 is 13.2 Å². The molecule has 0 N–H and O–H groups in total. The van der Waals surface area contributed by atoms with Crippen LogP contribution in [0.25, 0.3) is 0 Å². The van der Waals surface area contributed by atoms with Gasteiger partial charge in [0.25, 0.3) is 0 Å². The number of aryl methyl sites for hydroxylation is 1. The summed E-state index contributed by atoms with van der Waals surface area (Å²) < 4.78 is 33.8. The molecule has 112 valence electrons. The van der Waals surface area contributed by atoms with Crippen LogP contribution < -0.4 is 4.74 Å². The van der Waals surface area contributed by atoms with E-state index in [1.165, 1.54) is 4.31 Å². The summed E-state index contributed by atoms with van der Waals surface area (Å²) in [7, 11) is -0.0498. The summed E-state index contributed by atoms with van der Waals surface area (Å²) in [5.74, 6) is 0.640. The number of hydrogen-bond donors (Lipinski definition) is 0. The molecule has 1 aromatic heterocycles. The number of rotatable bonds is 3. The molecule has 7 heteroatoms. The molecule has 0 aliphatic carbocycles. The number of ether oxygens (including phenoxy) is 1. The van der Waals surface area contributed by atoms with Gasteiger partial charge in [-0.1, -0.05) is 0 Å². The van der Waals surface area contributed by atoms with E-state index in [4.69, 9.17) is 4.74 Å². The first-order valence-electron chi connectivity index (χ1n) is 6.65. The van der Waals surface area contributed by atoms with Gasteiger partial charge in [0.15, 0.2) is 0 Å². The summed E-state index contributed by atoms with van der Waals surface area (Å²) in [5.41, 5.74) is 1.94. The lowest BCUT2D eigenvalue weighted by molar-refractivity contribution is 0.379. The van der Waals surface area contributed by atoms with Crippen molar-refractivity contribution in [3.05, 3.63) is 42.0 Å². The fourth-order valence-electron chi connectivity index (χ4n) is 2.49. The van der Waals surface area contributed by atoms with Crippen molar-refractivity contribution in [1.82, 2.24) is 13.9 Å². The standard InChI is InChI=1S/C14H17N3O3S/c1-16-10-15-13-7-8-17(9-14(13)16)21(18,19)12-5-3-11(20-2)4-6-12/h3-6,10H,7-9H2,1-2H3. The highest BCUT2D eigenvalue weighted by Crippen LogP contribution is 2.25. The van der Waals surface area contributed by atoms with Crippen molar-refractivity contribution in [2.45, 2.75) is 17.9 Å². The Kier molecular flexibility index (Phi) is 3.46. The molecule has 0 saturated heterocycles. The van der Waals surface area contributed by atoms with E-state index in [9.17, 15) is 8.42 Å². The van der Waals surface area contributed by atoms with E-state index in [2.05, 4.69) is 4.98 Å². The van der Waals surface area contributed by atoms with Crippen LogP contribution in [-0.2, 0) is 30.0 Å². The SMILES string of the molecule is COc1ccc(S(=O)(=O)N2CCc3ncn(C)c3C2)cc1. The first kappa shape index (κ1) is 14.1. The molecule has 0 spiro atoms. The topological polar surface area (TPSA) is 64.4 Å². The molecular formula is C14H17N3O3S. The van der Waals surface area contributed by atoms with E-state index in [0.717, 1.165) is 11.4 Å². The van der Waals surface area contributed by atoms with Gasteiger partial charge in [-0.25, -0.2) is 13.4 Å². The van der Waals surface area contributed by atoms with E-state index in [1.54, 1.807) is 37.7 Å². The highest BCUT2D eigenvalue weighted by molar-refractivity contribution is 7.89. The first-order chi connectivity index (χ1) is 10.0. The fraction of sp³-hybridized carbons (Fsp3) is 0.357. The molecule has 2 aromatic rings. The molecule has 0 atom stereocenters. The zero-order chi connectivity index (χ0) is 15.0. The average molecular weight is 307 g/mol. The summed E-state index contributed by atoms with van der Waals surface area (Å²) in [4.78, 5) is 4.58. The number of methoxy groups -OCH3 is 1. The second-order valence-electron chi connectivity index (χ2n) is 5.01. The number of fused-ring (bicyclic) bond motifs is 1. The van der Waals surface area contributed by atoms with Gasteiger partial charge in [0.05, 0.1) is 36.3 Å². The van der Waals surface area contributed by atoms with Gasteiger partial charge in [-0.2, -0.15) is 4.31 Å². The minimum Gasteiger partial charge on any atom is -0.497 e. The molecule has 0 unspecified atom stereocenters. The quantitative estimate of drug-likeness (QED) is 0.854. The highest BCUT2D eigenvalue weighted by Gasteiger charge is 2.30. The lowest BCUT2D eigenvalue weighted by Gasteiger charge is -2.26. The predicted octanol–water partition coefficient (Wildman–Crippen LogP) is 1.18. The summed E-state index contributed by atoms with van der Waals surface area (Å²) in [6.45, 7) is 0.818. The Morgan fingerprint density at radius 1 is 1.24 bits per heavy atom. The number of aromatic nitrogens is 2. The van der Waals surface area contributed by atoms with Crippen LogP contribution in [0.3, 0.4) is 0 Å². The van der Waals surface area contributed by atoms with Gasteiger partial charge in [0.2, 0.25) is 10.0 Å². The van der Waals surface area contributed by atoms with Gasteiger partial charge in [0.1, 0.15) is 5.75 Å². The van der Waals surface area contributed by atoms with Gasteiger partial charge < -0.3 is 9.30 Å². The molecule has 0 amide bonds. The number of sulfonamides is 1. The maximum atomic E-state index is 12.7. The molecule has 21 heavy (non-hydrogen) atoms. The largest absolute Gasteiger partial charge is 0.497 e. The third kappa shape index (κ3) is 2.43. The molecule has 0 bridgehead atoms. The highest BCUT2D eigenvalue weighted by atomic mass is 32.2. The van der Waals surface area contributed by atoms with Gasteiger partial charge in [0, 0.05) is 20.0 Å². The Balaban J connectivity index is 1.90. The second kappa shape index (κ2) is 5.16. The molecule has 0 fully saturated rings. The minimum absolute atomic E-state index is 0.286. The van der Waals surface area contributed by atoms with Crippen molar-refractivity contribution >= 4 is 10.0 Å². The Hall–Kier alpha value is -1.86. The van der Waals surface area contributed by atoms with Gasteiger partial charge in [-0.3, -0.25) is 0 Å². The molecular weight excluding hydrogens is 290 g/mol. The minimum atomic E-state index is -3.49. The molecule has 1 aliphatic heterocycles. The third-order valence-corrected chi connectivity index (χ3v) is 5.63. The molecule has 0 saturated carbocycles. The van der Waals surface area contributed by atoms with E-state index >= 15 is 0 Å². The Morgan fingerprint density at radius 3 is 2.62 bits per heavy atom. The van der Waals surface area contributed by atoms with Crippen LogP contribution in [0.1, 0.15) is 11.4 Å². The summed E-state index contributed by atoms with van der Waals surface area (Å²) in [5, 5.41) is 0. The maximum Gasteiger partial charge on any atom is 0.243 e. The van der Waals surface area contributed by atoms with E-state index in [0.29, 0.717) is 25.3 Å². The average Bonchev–Trinajstić information content (AvgIpc) is 2.88. The molecule has 6 nitrogen and oxygen atoms in total. The summed E-state index contributed by atoms with van der Waals surface area (Å²) in [6, 6.07) is 6.47. The molecule has 0 radical (unpaired) electrons. The Labute approximate surface area is 124 Å². The van der Waals surface area contributed by atoms with Crippen molar-refractivity contribution in [2.75, 3.05) is 13.7 Å². The summed E-state index contributed by atoms with van der Waals surface area (Å²) in [6.07, 6.45) is 2.37. The lowest BCUT2D eigenvalue weighted by Crippen LogP contribution is -2.36. The van der Waals surface area contributed by atoms with E-state index in [1.807, 2.05) is 11.6 Å². The lowest BCUT2D eigenvalue weighted by atomic mass is 10.2. The molecule has 1 aliphatic rings. The van der Waals surface area contributed by atoms with Gasteiger partial charge in [-0.05, 0) is 24.3 Å². The van der Waals surface area contributed by atoms with Crippen LogP contribution in [0.2, 0.25) is 0 Å². The maximum absolute atomic E-state index is 12.7. The zero-order valence-electron chi connectivity index (χ0n) is 12.0. The van der Waals surface area contributed by atoms with Gasteiger partial charge in [-0.15, -0.1) is 0 Å². The smallest absolute Gasteiger partial charge is 0.243 e. The van der Waals surface area contributed by atoms with Crippen LogP contribution in [0, 0.1) is 0 Å². The number of nitrogens with zero attached hydrogens (tertiary/aromatic N) is 3. The molecule has 2 heterocycles. The molecule has 3 rings (SSSR count). The van der Waals surface area contributed by atoms with Crippen LogP contribution in [-0.4, -0.2) is 35.9 Å². The van der Waals surface area contributed by atoms with E-state index in [-0.39, 0.29) is 4.90 Å². The van der Waals surface area contributed by atoms with Gasteiger partial charge >= 0.3 is 0 Å². The van der Waals surface area contributed by atoms with Crippen molar-refractivity contribution in [2.24, 2.45) is 7.05 Å². The predicted molar refractivity (Wildman–Crippen MR) is 77.5 cm³/mol. The molecule has 1 aromatic carbocycles. The normalized spacial score (nSPS) is 15.7. The van der Waals surface area contributed by atoms with Crippen LogP contribution >= 0.6 is 0 Å².